The molecule has 0 aliphatic heterocycles. The molecular weight excluding hydrogens is 378 g/mol. The van der Waals surface area contributed by atoms with Gasteiger partial charge in [-0.1, -0.05) is 12.1 Å². The molecule has 0 radical (unpaired) electrons. The Morgan fingerprint density at radius 1 is 1.13 bits per heavy atom. The molecule has 30 heavy (non-hydrogen) atoms. The van der Waals surface area contributed by atoms with Crippen LogP contribution >= 0.6 is 0 Å². The number of ether oxygens (including phenoxy) is 1. The predicted octanol–water partition coefficient (Wildman–Crippen LogP) is 3.93. The number of nitriles is 1. The second kappa shape index (κ2) is 9.10. The lowest BCUT2D eigenvalue weighted by molar-refractivity contribution is 0.0950. The van der Waals surface area contributed by atoms with Crippen LogP contribution in [0.25, 0.3) is 0 Å². The van der Waals surface area contributed by atoms with Crippen molar-refractivity contribution in [1.29, 1.82) is 5.26 Å². The lowest BCUT2D eigenvalue weighted by atomic mass is 10.1. The van der Waals surface area contributed by atoms with Crippen molar-refractivity contribution in [2.75, 3.05) is 0 Å². The average molecular weight is 401 g/mol. The molecule has 152 valence electrons. The first-order valence-corrected chi connectivity index (χ1v) is 9.61. The van der Waals surface area contributed by atoms with E-state index < -0.39 is 0 Å². The number of nitrogens with one attached hydrogen (secondary N) is 2. The standard InChI is InChI=1S/C24H23N3O3/c1-15-12-16(2)27-24(29)22(15)14-26-23(28)20-8-6-19(7-9-20)17(3)30-21-10-4-18(13-25)5-11-21/h4-12,17H,14H2,1-3H3,(H,26,28)(H,27,29)/t17-/m1/s1. The highest BCUT2D eigenvalue weighted by Crippen LogP contribution is 2.22. The summed E-state index contributed by atoms with van der Waals surface area (Å²) >= 11 is 0. The summed E-state index contributed by atoms with van der Waals surface area (Å²) in [5.74, 6) is 0.420. The van der Waals surface area contributed by atoms with E-state index in [4.69, 9.17) is 10.00 Å². The van der Waals surface area contributed by atoms with Crippen molar-refractivity contribution in [3.8, 4) is 11.8 Å². The van der Waals surface area contributed by atoms with E-state index >= 15 is 0 Å². The number of nitrogens with zero attached hydrogens (tertiary/aromatic N) is 1. The number of hydrogen-bond donors (Lipinski definition) is 2. The molecule has 0 unspecified atom stereocenters. The van der Waals surface area contributed by atoms with Crippen LogP contribution < -0.4 is 15.6 Å². The number of carbonyl (C=O) groups excluding carboxylic acids is 1. The molecule has 2 aromatic carbocycles. The van der Waals surface area contributed by atoms with E-state index in [1.807, 2.05) is 39.0 Å². The number of aromatic nitrogens is 1. The van der Waals surface area contributed by atoms with Crippen molar-refractivity contribution in [1.82, 2.24) is 10.3 Å². The van der Waals surface area contributed by atoms with Crippen molar-refractivity contribution in [2.45, 2.75) is 33.4 Å². The fourth-order valence-corrected chi connectivity index (χ4v) is 3.16. The van der Waals surface area contributed by atoms with Crippen LogP contribution in [0.5, 0.6) is 5.75 Å². The maximum absolute atomic E-state index is 12.5. The van der Waals surface area contributed by atoms with Crippen LogP contribution in [0, 0.1) is 25.2 Å². The third-order valence-corrected chi connectivity index (χ3v) is 4.86. The normalized spacial score (nSPS) is 11.4. The number of amides is 1. The lowest BCUT2D eigenvalue weighted by Gasteiger charge is -2.15. The van der Waals surface area contributed by atoms with Gasteiger partial charge in [-0.2, -0.15) is 5.26 Å². The highest BCUT2D eigenvalue weighted by atomic mass is 16.5. The Kier molecular flexibility index (Phi) is 6.33. The fourth-order valence-electron chi connectivity index (χ4n) is 3.16. The number of H-pyrrole nitrogens is 1. The van der Waals surface area contributed by atoms with E-state index in [0.717, 1.165) is 16.8 Å². The first-order chi connectivity index (χ1) is 14.4. The van der Waals surface area contributed by atoms with Gasteiger partial charge in [0.2, 0.25) is 0 Å². The van der Waals surface area contributed by atoms with Crippen LogP contribution in [0.1, 0.15) is 51.3 Å². The molecule has 1 heterocycles. The molecule has 0 fully saturated rings. The molecule has 0 spiro atoms. The zero-order valence-corrected chi connectivity index (χ0v) is 17.2. The number of carbonyl (C=O) groups is 1. The van der Waals surface area contributed by atoms with Gasteiger partial charge in [0.15, 0.2) is 0 Å². The largest absolute Gasteiger partial charge is 0.486 e. The second-order valence-corrected chi connectivity index (χ2v) is 7.14. The van der Waals surface area contributed by atoms with Gasteiger partial charge in [-0.25, -0.2) is 0 Å². The smallest absolute Gasteiger partial charge is 0.253 e. The number of aromatic amines is 1. The zero-order valence-electron chi connectivity index (χ0n) is 17.2. The summed E-state index contributed by atoms with van der Waals surface area (Å²) in [5.41, 5.74) is 4.01. The summed E-state index contributed by atoms with van der Waals surface area (Å²) < 4.78 is 5.89. The van der Waals surface area contributed by atoms with Crippen molar-refractivity contribution in [3.05, 3.63) is 98.5 Å². The Labute approximate surface area is 175 Å². The van der Waals surface area contributed by atoms with Gasteiger partial charge in [0.05, 0.1) is 11.6 Å². The molecular formula is C24H23N3O3. The molecule has 0 saturated heterocycles. The maximum Gasteiger partial charge on any atom is 0.253 e. The number of benzene rings is 2. The van der Waals surface area contributed by atoms with Gasteiger partial charge in [0, 0.05) is 23.4 Å². The Morgan fingerprint density at radius 3 is 2.40 bits per heavy atom. The van der Waals surface area contributed by atoms with Gasteiger partial charge in [0.25, 0.3) is 11.5 Å². The summed E-state index contributed by atoms with van der Waals surface area (Å²) in [6, 6.07) is 18.0. The topological polar surface area (TPSA) is 95.0 Å². The monoisotopic (exact) mass is 401 g/mol. The van der Waals surface area contributed by atoms with Gasteiger partial charge in [-0.05, 0) is 74.4 Å². The molecule has 0 aliphatic rings. The Bertz CT molecular complexity index is 1140. The number of rotatable bonds is 6. The molecule has 3 aromatic rings. The molecule has 6 nitrogen and oxygen atoms in total. The number of pyridine rings is 1. The molecule has 0 aliphatic carbocycles. The minimum atomic E-state index is -0.249. The minimum absolute atomic E-state index is 0.167. The predicted molar refractivity (Wildman–Crippen MR) is 114 cm³/mol. The van der Waals surface area contributed by atoms with Crippen LogP contribution in [-0.2, 0) is 6.54 Å². The molecule has 1 atom stereocenters. The third kappa shape index (κ3) is 4.95. The zero-order chi connectivity index (χ0) is 21.7. The van der Waals surface area contributed by atoms with E-state index in [-0.39, 0.29) is 24.1 Å². The van der Waals surface area contributed by atoms with Gasteiger partial charge >= 0.3 is 0 Å². The summed E-state index contributed by atoms with van der Waals surface area (Å²) in [7, 11) is 0. The minimum Gasteiger partial charge on any atom is -0.486 e. The lowest BCUT2D eigenvalue weighted by Crippen LogP contribution is -2.27. The SMILES string of the molecule is Cc1cc(C)c(CNC(=O)c2ccc([C@@H](C)Oc3ccc(C#N)cc3)cc2)c(=O)[nH]1. The van der Waals surface area contributed by atoms with Crippen LogP contribution in [0.4, 0.5) is 0 Å². The molecule has 6 heteroatoms. The van der Waals surface area contributed by atoms with Crippen LogP contribution in [0.2, 0.25) is 0 Å². The average Bonchev–Trinajstić information content (AvgIpc) is 2.73. The van der Waals surface area contributed by atoms with Gasteiger partial charge in [-0.15, -0.1) is 0 Å². The van der Waals surface area contributed by atoms with Gasteiger partial charge < -0.3 is 15.0 Å². The molecule has 1 aromatic heterocycles. The fraction of sp³-hybridized carbons (Fsp3) is 0.208. The van der Waals surface area contributed by atoms with Crippen LogP contribution in [0.15, 0.2) is 59.4 Å². The van der Waals surface area contributed by atoms with Crippen molar-refractivity contribution < 1.29 is 9.53 Å². The molecule has 3 rings (SSSR count). The molecule has 0 saturated carbocycles. The summed E-state index contributed by atoms with van der Waals surface area (Å²) in [6.45, 7) is 5.76. The van der Waals surface area contributed by atoms with Crippen molar-refractivity contribution in [2.24, 2.45) is 0 Å². The number of hydrogen-bond acceptors (Lipinski definition) is 4. The van der Waals surface area contributed by atoms with Gasteiger partial charge in [0.1, 0.15) is 11.9 Å². The summed E-state index contributed by atoms with van der Waals surface area (Å²) in [4.78, 5) is 27.3. The van der Waals surface area contributed by atoms with E-state index in [0.29, 0.717) is 22.4 Å². The first-order valence-electron chi connectivity index (χ1n) is 9.61. The van der Waals surface area contributed by atoms with Crippen molar-refractivity contribution >= 4 is 5.91 Å². The van der Waals surface area contributed by atoms with Crippen LogP contribution in [-0.4, -0.2) is 10.9 Å². The Morgan fingerprint density at radius 2 is 1.80 bits per heavy atom. The van der Waals surface area contributed by atoms with E-state index in [1.54, 1.807) is 36.4 Å². The molecule has 1 amide bonds. The highest BCUT2D eigenvalue weighted by Gasteiger charge is 2.12. The first kappa shape index (κ1) is 20.9. The Balaban J connectivity index is 1.62. The molecule has 0 bridgehead atoms. The molecule has 2 N–H and O–H groups in total. The Hall–Kier alpha value is -3.85. The maximum atomic E-state index is 12.5. The quantitative estimate of drug-likeness (QED) is 0.654. The number of aryl methyl sites for hydroxylation is 2. The third-order valence-electron chi connectivity index (χ3n) is 4.86. The summed E-state index contributed by atoms with van der Waals surface area (Å²) in [5, 5.41) is 11.7. The summed E-state index contributed by atoms with van der Waals surface area (Å²) in [6.07, 6.45) is -0.219. The van der Waals surface area contributed by atoms with Crippen molar-refractivity contribution in [3.63, 3.8) is 0 Å². The van der Waals surface area contributed by atoms with Crippen LogP contribution in [0.3, 0.4) is 0 Å². The highest BCUT2D eigenvalue weighted by molar-refractivity contribution is 5.94. The van der Waals surface area contributed by atoms with E-state index in [2.05, 4.69) is 16.4 Å². The second-order valence-electron chi connectivity index (χ2n) is 7.14. The van der Waals surface area contributed by atoms with E-state index in [9.17, 15) is 9.59 Å². The van der Waals surface area contributed by atoms with Gasteiger partial charge in [-0.3, -0.25) is 9.59 Å². The van der Waals surface area contributed by atoms with E-state index in [1.165, 1.54) is 0 Å².